The first kappa shape index (κ1) is 6.96. The van der Waals surface area contributed by atoms with Crippen molar-refractivity contribution < 1.29 is 13.9 Å². The Hall–Kier alpha value is -1.04. The van der Waals surface area contributed by atoms with Gasteiger partial charge in [-0.25, -0.2) is 9.18 Å². The minimum atomic E-state index is -0.810. The maximum Gasteiger partial charge on any atom is 0.384 e. The molecule has 0 spiro atoms. The van der Waals surface area contributed by atoms with Crippen molar-refractivity contribution >= 4 is 5.97 Å². The lowest BCUT2D eigenvalue weighted by Gasteiger charge is -1.81. The van der Waals surface area contributed by atoms with Crippen LogP contribution in [0.3, 0.4) is 0 Å². The molecule has 0 aromatic heterocycles. The molecule has 0 heterocycles. The van der Waals surface area contributed by atoms with Gasteiger partial charge in [0.25, 0.3) is 0 Å². The second kappa shape index (κ2) is 4.13. The Morgan fingerprint density at radius 1 is 1.88 bits per heavy atom. The van der Waals surface area contributed by atoms with Crippen LogP contribution in [-0.2, 0) is 9.53 Å². The second-order valence-electron chi connectivity index (χ2n) is 0.927. The average molecular weight is 116 g/mol. The molecule has 3 heteroatoms. The lowest BCUT2D eigenvalue weighted by atomic mass is 10.6. The number of carbonyl (C=O) groups is 1. The molecule has 8 heavy (non-hydrogen) atoms. The van der Waals surface area contributed by atoms with Crippen LogP contribution in [0.25, 0.3) is 0 Å². The topological polar surface area (TPSA) is 26.3 Å². The highest BCUT2D eigenvalue weighted by Crippen LogP contribution is 1.67. The maximum absolute atomic E-state index is 11.1. The Bertz CT molecular complexity index is 131. The molecule has 0 saturated carbocycles. The fourth-order valence-corrected chi connectivity index (χ4v) is 0.157. The fourth-order valence-electron chi connectivity index (χ4n) is 0.157. The fraction of sp³-hybridized carbons (Fsp3) is 0.400. The molecule has 0 bridgehead atoms. The van der Waals surface area contributed by atoms with Gasteiger partial charge in [0.1, 0.15) is 0 Å². The first-order valence-corrected chi connectivity index (χ1v) is 1.94. The first-order valence-electron chi connectivity index (χ1n) is 1.94. The Labute approximate surface area is 46.6 Å². The number of carbonyl (C=O) groups excluding carboxylic acids is 1. The van der Waals surface area contributed by atoms with Crippen LogP contribution in [0.15, 0.2) is 0 Å². The molecular formula is C5H5FO2. The Balaban J connectivity index is 3.52. The summed E-state index contributed by atoms with van der Waals surface area (Å²) in [5.74, 6) is 3.10. The highest BCUT2D eigenvalue weighted by molar-refractivity contribution is 5.88. The number of hydrogen-bond donors (Lipinski definition) is 0. The van der Waals surface area contributed by atoms with Gasteiger partial charge in [-0.15, -0.1) is 0 Å². The van der Waals surface area contributed by atoms with E-state index in [9.17, 15) is 9.18 Å². The monoisotopic (exact) mass is 116 g/mol. The maximum atomic E-state index is 11.1. The van der Waals surface area contributed by atoms with Crippen LogP contribution < -0.4 is 0 Å². The van der Waals surface area contributed by atoms with Crippen molar-refractivity contribution in [3.63, 3.8) is 0 Å². The number of hydrogen-bond acceptors (Lipinski definition) is 2. The normalized spacial score (nSPS) is 6.75. The summed E-state index contributed by atoms with van der Waals surface area (Å²) in [6.45, 7) is -0.810. The molecule has 0 aliphatic rings. The molecule has 0 radical (unpaired) electrons. The van der Waals surface area contributed by atoms with Crippen LogP contribution in [0.2, 0.25) is 0 Å². The lowest BCUT2D eigenvalue weighted by Crippen LogP contribution is -1.94. The first-order chi connectivity index (χ1) is 3.81. The second-order valence-corrected chi connectivity index (χ2v) is 0.927. The standard InChI is InChI=1S/C5H5FO2/c1-8-5(7)3-2-4-6/h4H2,1H3. The lowest BCUT2D eigenvalue weighted by molar-refractivity contribution is -0.133. The zero-order chi connectivity index (χ0) is 6.41. The molecule has 0 unspecified atom stereocenters. The van der Waals surface area contributed by atoms with Gasteiger partial charge in [0.2, 0.25) is 0 Å². The van der Waals surface area contributed by atoms with E-state index in [1.807, 2.05) is 11.8 Å². The van der Waals surface area contributed by atoms with Crippen molar-refractivity contribution in [2.45, 2.75) is 0 Å². The van der Waals surface area contributed by atoms with Crippen LogP contribution in [0.5, 0.6) is 0 Å². The molecule has 0 aromatic rings. The molecule has 44 valence electrons. The summed E-state index contributed by atoms with van der Waals surface area (Å²) in [5.41, 5.74) is 0. The molecule has 0 aliphatic heterocycles. The largest absolute Gasteiger partial charge is 0.459 e. The molecule has 2 nitrogen and oxygen atoms in total. The molecule has 0 N–H and O–H groups in total. The van der Waals surface area contributed by atoms with Crippen molar-refractivity contribution in [2.75, 3.05) is 13.8 Å². The van der Waals surface area contributed by atoms with E-state index in [1.54, 1.807) is 0 Å². The number of alkyl halides is 1. The third-order valence-electron chi connectivity index (χ3n) is 0.443. The molecule has 0 aliphatic carbocycles. The molecule has 0 saturated heterocycles. The van der Waals surface area contributed by atoms with Gasteiger partial charge in [-0.3, -0.25) is 0 Å². The summed E-state index contributed by atoms with van der Waals surface area (Å²) in [6, 6.07) is 0. The quantitative estimate of drug-likeness (QED) is 0.255. The zero-order valence-corrected chi connectivity index (χ0v) is 4.40. The van der Waals surface area contributed by atoms with E-state index in [2.05, 4.69) is 4.74 Å². The average Bonchev–Trinajstić information content (AvgIpc) is 1.83. The number of halogens is 1. The Morgan fingerprint density at radius 3 is 2.88 bits per heavy atom. The minimum Gasteiger partial charge on any atom is -0.459 e. The van der Waals surface area contributed by atoms with Crippen molar-refractivity contribution in [1.29, 1.82) is 0 Å². The van der Waals surface area contributed by atoms with E-state index < -0.39 is 12.6 Å². The molecule has 0 rings (SSSR count). The predicted molar refractivity (Wildman–Crippen MR) is 25.8 cm³/mol. The van der Waals surface area contributed by atoms with Crippen molar-refractivity contribution in [3.8, 4) is 11.8 Å². The van der Waals surface area contributed by atoms with Crippen LogP contribution in [0.4, 0.5) is 4.39 Å². The number of methoxy groups -OCH3 is 1. The summed E-state index contributed by atoms with van der Waals surface area (Å²) in [7, 11) is 1.19. The van der Waals surface area contributed by atoms with E-state index >= 15 is 0 Å². The summed E-state index contributed by atoms with van der Waals surface area (Å²) in [4.78, 5) is 10.0. The predicted octanol–water partition coefficient (Wildman–Crippen LogP) is 0.132. The van der Waals surface area contributed by atoms with Crippen molar-refractivity contribution in [1.82, 2.24) is 0 Å². The number of ether oxygens (including phenoxy) is 1. The SMILES string of the molecule is COC(=O)C#CCF. The third-order valence-corrected chi connectivity index (χ3v) is 0.443. The molecule has 0 aromatic carbocycles. The van der Waals surface area contributed by atoms with Crippen molar-refractivity contribution in [3.05, 3.63) is 0 Å². The van der Waals surface area contributed by atoms with E-state index in [0.717, 1.165) is 0 Å². The van der Waals surface area contributed by atoms with Gasteiger partial charge < -0.3 is 4.74 Å². The van der Waals surface area contributed by atoms with E-state index in [0.29, 0.717) is 0 Å². The van der Waals surface area contributed by atoms with E-state index in [4.69, 9.17) is 0 Å². The third kappa shape index (κ3) is 3.16. The van der Waals surface area contributed by atoms with Crippen LogP contribution >= 0.6 is 0 Å². The van der Waals surface area contributed by atoms with Gasteiger partial charge in [-0.1, -0.05) is 5.92 Å². The summed E-state index contributed by atoms with van der Waals surface area (Å²) < 4.78 is 15.2. The number of esters is 1. The van der Waals surface area contributed by atoms with Gasteiger partial charge in [0.15, 0.2) is 6.67 Å². The zero-order valence-electron chi connectivity index (χ0n) is 4.40. The summed E-state index contributed by atoms with van der Waals surface area (Å²) in [5, 5.41) is 0. The van der Waals surface area contributed by atoms with Crippen LogP contribution in [0, 0.1) is 11.8 Å². The molecular weight excluding hydrogens is 111 g/mol. The van der Waals surface area contributed by atoms with Crippen molar-refractivity contribution in [2.24, 2.45) is 0 Å². The van der Waals surface area contributed by atoms with E-state index in [1.165, 1.54) is 7.11 Å². The highest BCUT2D eigenvalue weighted by atomic mass is 19.1. The highest BCUT2D eigenvalue weighted by Gasteiger charge is 1.85. The molecule has 0 amide bonds. The van der Waals surface area contributed by atoms with Gasteiger partial charge in [0, 0.05) is 5.92 Å². The van der Waals surface area contributed by atoms with E-state index in [-0.39, 0.29) is 0 Å². The minimum absolute atomic E-state index is 0.706. The summed E-state index contributed by atoms with van der Waals surface area (Å²) in [6.07, 6.45) is 0. The van der Waals surface area contributed by atoms with Gasteiger partial charge in [0.05, 0.1) is 7.11 Å². The van der Waals surface area contributed by atoms with Crippen LogP contribution in [-0.4, -0.2) is 19.8 Å². The Morgan fingerprint density at radius 2 is 2.50 bits per heavy atom. The molecule has 0 fully saturated rings. The van der Waals surface area contributed by atoms with Gasteiger partial charge in [-0.2, -0.15) is 0 Å². The Kier molecular flexibility index (Phi) is 3.59. The molecule has 0 atom stereocenters. The summed E-state index contributed by atoms with van der Waals surface area (Å²) >= 11 is 0. The van der Waals surface area contributed by atoms with Gasteiger partial charge >= 0.3 is 5.97 Å². The number of rotatable bonds is 0. The van der Waals surface area contributed by atoms with Crippen LogP contribution in [0.1, 0.15) is 0 Å². The smallest absolute Gasteiger partial charge is 0.384 e. The van der Waals surface area contributed by atoms with Gasteiger partial charge in [-0.05, 0) is 0 Å².